The zero-order chi connectivity index (χ0) is 13.1. The van der Waals surface area contributed by atoms with Crippen LogP contribution in [0, 0.1) is 18.7 Å². The van der Waals surface area contributed by atoms with E-state index in [-0.39, 0.29) is 5.82 Å². The van der Waals surface area contributed by atoms with Gasteiger partial charge >= 0.3 is 0 Å². The first kappa shape index (κ1) is 13.5. The Bertz CT molecular complexity index is 407. The maximum Gasteiger partial charge on any atom is 0.126 e. The minimum absolute atomic E-state index is 0.111. The second-order valence-electron chi connectivity index (χ2n) is 5.34. The second kappa shape index (κ2) is 5.81. The highest BCUT2D eigenvalue weighted by Gasteiger charge is 2.30. The van der Waals surface area contributed by atoms with Crippen molar-refractivity contribution in [2.45, 2.75) is 19.8 Å². The van der Waals surface area contributed by atoms with Crippen LogP contribution < -0.4 is 0 Å². The van der Waals surface area contributed by atoms with Gasteiger partial charge in [-0.1, -0.05) is 19.1 Å². The van der Waals surface area contributed by atoms with E-state index < -0.39 is 0 Å². The largest absolute Gasteiger partial charge is 0.383 e. The lowest BCUT2D eigenvalue weighted by Gasteiger charge is -2.16. The Hall–Kier alpha value is -0.930. The standard InChI is InChI=1S/C15H22FNO/c1-11-8-13(4-5-15(11)16)14-10-17(6-7-18-3)9-12(14)2/h4-5,8,12,14H,6-7,9-10H2,1-3H3. The van der Waals surface area contributed by atoms with Crippen LogP contribution >= 0.6 is 0 Å². The number of hydrogen-bond acceptors (Lipinski definition) is 2. The molecule has 0 bridgehead atoms. The van der Waals surface area contributed by atoms with Crippen LogP contribution in [0.3, 0.4) is 0 Å². The molecule has 2 atom stereocenters. The lowest BCUT2D eigenvalue weighted by molar-refractivity contribution is 0.159. The number of aryl methyl sites for hydroxylation is 1. The first-order valence-electron chi connectivity index (χ1n) is 6.59. The summed E-state index contributed by atoms with van der Waals surface area (Å²) in [6.45, 7) is 8.02. The molecular formula is C15H22FNO. The van der Waals surface area contributed by atoms with Gasteiger partial charge in [-0.25, -0.2) is 4.39 Å². The molecule has 3 heteroatoms. The van der Waals surface area contributed by atoms with Crippen LogP contribution in [0.1, 0.15) is 24.0 Å². The quantitative estimate of drug-likeness (QED) is 0.816. The Kier molecular flexibility index (Phi) is 4.36. The predicted molar refractivity (Wildman–Crippen MR) is 71.4 cm³/mol. The molecule has 0 N–H and O–H groups in total. The molecule has 0 saturated carbocycles. The van der Waals surface area contributed by atoms with Crippen molar-refractivity contribution < 1.29 is 9.13 Å². The molecule has 1 aliphatic rings. The second-order valence-corrected chi connectivity index (χ2v) is 5.34. The van der Waals surface area contributed by atoms with Crippen LogP contribution in [-0.2, 0) is 4.74 Å². The van der Waals surface area contributed by atoms with E-state index in [9.17, 15) is 4.39 Å². The lowest BCUT2D eigenvalue weighted by Crippen LogP contribution is -2.24. The summed E-state index contributed by atoms with van der Waals surface area (Å²) in [6.07, 6.45) is 0. The summed E-state index contributed by atoms with van der Waals surface area (Å²) < 4.78 is 18.4. The molecular weight excluding hydrogens is 229 g/mol. The topological polar surface area (TPSA) is 12.5 Å². The highest BCUT2D eigenvalue weighted by atomic mass is 19.1. The molecule has 2 nitrogen and oxygen atoms in total. The van der Waals surface area contributed by atoms with Crippen molar-refractivity contribution >= 4 is 0 Å². The molecule has 1 aliphatic heterocycles. The summed E-state index contributed by atoms with van der Waals surface area (Å²) >= 11 is 0. The highest BCUT2D eigenvalue weighted by Crippen LogP contribution is 2.32. The fraction of sp³-hybridized carbons (Fsp3) is 0.600. The Morgan fingerprint density at radius 3 is 2.83 bits per heavy atom. The molecule has 1 saturated heterocycles. The lowest BCUT2D eigenvalue weighted by atomic mass is 9.89. The average Bonchev–Trinajstić information content (AvgIpc) is 2.71. The number of ether oxygens (including phenoxy) is 1. The maximum atomic E-state index is 13.3. The number of halogens is 1. The summed E-state index contributed by atoms with van der Waals surface area (Å²) in [5.74, 6) is 1.02. The minimum atomic E-state index is -0.111. The molecule has 2 rings (SSSR count). The minimum Gasteiger partial charge on any atom is -0.383 e. The molecule has 1 aromatic rings. The van der Waals surface area contributed by atoms with Gasteiger partial charge in [0.1, 0.15) is 5.82 Å². The molecule has 0 aliphatic carbocycles. The number of rotatable bonds is 4. The van der Waals surface area contributed by atoms with Crippen LogP contribution in [0.2, 0.25) is 0 Å². The van der Waals surface area contributed by atoms with Crippen molar-refractivity contribution in [3.8, 4) is 0 Å². The monoisotopic (exact) mass is 251 g/mol. The van der Waals surface area contributed by atoms with Crippen molar-refractivity contribution in [2.24, 2.45) is 5.92 Å². The number of likely N-dealkylation sites (tertiary alicyclic amines) is 1. The van der Waals surface area contributed by atoms with Gasteiger partial charge in [-0.2, -0.15) is 0 Å². The summed E-state index contributed by atoms with van der Waals surface area (Å²) in [7, 11) is 1.74. The predicted octanol–water partition coefficient (Wildman–Crippen LogP) is 2.82. The maximum absolute atomic E-state index is 13.3. The van der Waals surface area contributed by atoms with E-state index in [1.54, 1.807) is 13.2 Å². The number of benzene rings is 1. The number of hydrogen-bond donors (Lipinski definition) is 0. The summed E-state index contributed by atoms with van der Waals surface area (Å²) in [5, 5.41) is 0. The molecule has 1 heterocycles. The Morgan fingerprint density at radius 2 is 2.17 bits per heavy atom. The fourth-order valence-electron chi connectivity index (χ4n) is 2.80. The summed E-state index contributed by atoms with van der Waals surface area (Å²) in [6, 6.07) is 5.52. The molecule has 18 heavy (non-hydrogen) atoms. The molecule has 0 amide bonds. The van der Waals surface area contributed by atoms with E-state index >= 15 is 0 Å². The first-order chi connectivity index (χ1) is 8.61. The van der Waals surface area contributed by atoms with Gasteiger partial charge in [0.05, 0.1) is 6.61 Å². The third-order valence-corrected chi connectivity index (χ3v) is 3.91. The molecule has 2 unspecified atom stereocenters. The van der Waals surface area contributed by atoms with Gasteiger partial charge in [0, 0.05) is 32.7 Å². The van der Waals surface area contributed by atoms with Crippen molar-refractivity contribution in [1.29, 1.82) is 0 Å². The first-order valence-corrected chi connectivity index (χ1v) is 6.59. The van der Waals surface area contributed by atoms with Gasteiger partial charge in [-0.05, 0) is 30.0 Å². The van der Waals surface area contributed by atoms with Gasteiger partial charge in [0.25, 0.3) is 0 Å². The third-order valence-electron chi connectivity index (χ3n) is 3.91. The SMILES string of the molecule is COCCN1CC(C)C(c2ccc(F)c(C)c2)C1. The number of methoxy groups -OCH3 is 1. The van der Waals surface area contributed by atoms with Crippen LogP contribution in [0.5, 0.6) is 0 Å². The van der Waals surface area contributed by atoms with Gasteiger partial charge < -0.3 is 9.64 Å². The third kappa shape index (κ3) is 2.90. The van der Waals surface area contributed by atoms with Crippen molar-refractivity contribution in [2.75, 3.05) is 33.4 Å². The van der Waals surface area contributed by atoms with Crippen LogP contribution in [0.25, 0.3) is 0 Å². The van der Waals surface area contributed by atoms with Crippen molar-refractivity contribution in [3.63, 3.8) is 0 Å². The molecule has 1 aromatic carbocycles. The Morgan fingerprint density at radius 1 is 1.39 bits per heavy atom. The molecule has 0 aromatic heterocycles. The van der Waals surface area contributed by atoms with Gasteiger partial charge in [-0.15, -0.1) is 0 Å². The van der Waals surface area contributed by atoms with Crippen LogP contribution in [0.15, 0.2) is 18.2 Å². The number of nitrogens with zero attached hydrogens (tertiary/aromatic N) is 1. The fourth-order valence-corrected chi connectivity index (χ4v) is 2.80. The Balaban J connectivity index is 2.06. The smallest absolute Gasteiger partial charge is 0.126 e. The normalized spacial score (nSPS) is 24.7. The molecule has 0 spiro atoms. The summed E-state index contributed by atoms with van der Waals surface area (Å²) in [5.41, 5.74) is 2.01. The van der Waals surface area contributed by atoms with E-state index in [4.69, 9.17) is 4.74 Å². The van der Waals surface area contributed by atoms with E-state index in [0.29, 0.717) is 11.8 Å². The zero-order valence-electron chi connectivity index (χ0n) is 11.4. The zero-order valence-corrected chi connectivity index (χ0v) is 11.4. The molecule has 1 fully saturated rings. The molecule has 100 valence electrons. The molecule has 0 radical (unpaired) electrons. The van der Waals surface area contributed by atoms with E-state index in [1.165, 1.54) is 5.56 Å². The van der Waals surface area contributed by atoms with E-state index in [1.807, 2.05) is 19.1 Å². The van der Waals surface area contributed by atoms with E-state index in [0.717, 1.165) is 31.8 Å². The van der Waals surface area contributed by atoms with Crippen LogP contribution in [0.4, 0.5) is 4.39 Å². The van der Waals surface area contributed by atoms with Gasteiger partial charge in [0.2, 0.25) is 0 Å². The Labute approximate surface area is 109 Å². The van der Waals surface area contributed by atoms with E-state index in [2.05, 4.69) is 11.8 Å². The summed E-state index contributed by atoms with van der Waals surface area (Å²) in [4.78, 5) is 2.43. The van der Waals surface area contributed by atoms with Crippen molar-refractivity contribution in [3.05, 3.63) is 35.1 Å². The van der Waals surface area contributed by atoms with Gasteiger partial charge in [-0.3, -0.25) is 0 Å². The van der Waals surface area contributed by atoms with Gasteiger partial charge in [0.15, 0.2) is 0 Å². The average molecular weight is 251 g/mol. The van der Waals surface area contributed by atoms with Crippen molar-refractivity contribution in [1.82, 2.24) is 4.90 Å². The van der Waals surface area contributed by atoms with Crippen LogP contribution in [-0.4, -0.2) is 38.3 Å². The highest BCUT2D eigenvalue weighted by molar-refractivity contribution is 5.28.